The van der Waals surface area contributed by atoms with Gasteiger partial charge in [0.05, 0.1) is 11.3 Å². The first kappa shape index (κ1) is 17.1. The summed E-state index contributed by atoms with van der Waals surface area (Å²) in [6.07, 6.45) is -3.20. The molecule has 110 valence electrons. The number of hydrogen-bond donors (Lipinski definition) is 0. The van der Waals surface area contributed by atoms with E-state index in [0.717, 1.165) is 12.1 Å². The molecule has 0 aliphatic carbocycles. The summed E-state index contributed by atoms with van der Waals surface area (Å²) in [5.74, 6) is 0. The zero-order valence-electron chi connectivity index (χ0n) is 10.1. The van der Waals surface area contributed by atoms with Gasteiger partial charge in [-0.2, -0.15) is 13.2 Å². The van der Waals surface area contributed by atoms with Gasteiger partial charge in [-0.3, -0.25) is 0 Å². The van der Waals surface area contributed by atoms with Gasteiger partial charge in [0, 0.05) is 10.6 Å². The third kappa shape index (κ3) is 5.23. The molecule has 0 radical (unpaired) electrons. The average molecular weight is 347 g/mol. The monoisotopic (exact) mass is 345 g/mol. The van der Waals surface area contributed by atoms with Gasteiger partial charge in [0.1, 0.15) is 11.1 Å². The predicted octanol–water partition coefficient (Wildman–Crippen LogP) is 5.42. The van der Waals surface area contributed by atoms with Gasteiger partial charge in [0.15, 0.2) is 0 Å². The summed E-state index contributed by atoms with van der Waals surface area (Å²) in [5, 5.41) is 3.75. The van der Waals surface area contributed by atoms with Gasteiger partial charge < -0.3 is 4.84 Å². The fraction of sp³-hybridized carbons (Fsp3) is 0.250. The van der Waals surface area contributed by atoms with Crippen LogP contribution in [0.3, 0.4) is 0 Å². The average Bonchev–Trinajstić information content (AvgIpc) is 2.32. The molecule has 20 heavy (non-hydrogen) atoms. The van der Waals surface area contributed by atoms with Gasteiger partial charge >= 0.3 is 6.18 Å². The largest absolute Gasteiger partial charge is 0.417 e. The van der Waals surface area contributed by atoms with E-state index in [1.807, 2.05) is 0 Å². The Hall–Kier alpha value is -0.910. The predicted molar refractivity (Wildman–Crippen MR) is 74.4 cm³/mol. The van der Waals surface area contributed by atoms with Gasteiger partial charge in [0.25, 0.3) is 0 Å². The zero-order chi connectivity index (χ0) is 15.3. The topological polar surface area (TPSA) is 21.6 Å². The standard InChI is InChI=1S/C12H9Cl3F3NO/c1-7(19-20-5-4-11(14)15)9-6-8(13)2-3-10(9)12(16,17)18/h2-4,6H,5H2,1H3/b19-7+. The SMILES string of the molecule is C/C(=N\OCC=C(Cl)Cl)c1cc(Cl)ccc1C(F)(F)F. The van der Waals surface area contributed by atoms with Crippen LogP contribution < -0.4 is 0 Å². The normalized spacial score (nSPS) is 12.2. The number of oxime groups is 1. The van der Waals surface area contributed by atoms with E-state index in [1.54, 1.807) is 0 Å². The molecule has 0 heterocycles. The van der Waals surface area contributed by atoms with E-state index in [0.29, 0.717) is 0 Å². The lowest BCUT2D eigenvalue weighted by Crippen LogP contribution is -2.12. The molecule has 0 saturated carbocycles. The second-order valence-corrected chi connectivity index (χ2v) is 5.10. The highest BCUT2D eigenvalue weighted by atomic mass is 35.5. The first-order chi connectivity index (χ1) is 9.21. The molecule has 0 N–H and O–H groups in total. The van der Waals surface area contributed by atoms with Crippen LogP contribution in [-0.4, -0.2) is 12.3 Å². The molecule has 0 aliphatic rings. The Morgan fingerprint density at radius 3 is 2.55 bits per heavy atom. The summed E-state index contributed by atoms with van der Waals surface area (Å²) in [4.78, 5) is 4.80. The number of halogens is 6. The van der Waals surface area contributed by atoms with Crippen molar-refractivity contribution in [2.45, 2.75) is 13.1 Å². The Morgan fingerprint density at radius 1 is 1.35 bits per heavy atom. The van der Waals surface area contributed by atoms with Crippen LogP contribution in [0.25, 0.3) is 0 Å². The lowest BCUT2D eigenvalue weighted by Gasteiger charge is -2.12. The van der Waals surface area contributed by atoms with Crippen LogP contribution in [0.5, 0.6) is 0 Å². The van der Waals surface area contributed by atoms with E-state index in [1.165, 1.54) is 19.1 Å². The molecular weight excluding hydrogens is 337 g/mol. The van der Waals surface area contributed by atoms with Crippen molar-refractivity contribution >= 4 is 40.5 Å². The first-order valence-electron chi connectivity index (χ1n) is 5.26. The molecule has 0 bridgehead atoms. The third-order valence-electron chi connectivity index (χ3n) is 2.19. The third-order valence-corrected chi connectivity index (χ3v) is 2.73. The van der Waals surface area contributed by atoms with Gasteiger partial charge in [-0.15, -0.1) is 0 Å². The second-order valence-electron chi connectivity index (χ2n) is 3.65. The Morgan fingerprint density at radius 2 is 2.00 bits per heavy atom. The van der Waals surface area contributed by atoms with E-state index in [9.17, 15) is 13.2 Å². The zero-order valence-corrected chi connectivity index (χ0v) is 12.4. The minimum Gasteiger partial charge on any atom is -0.391 e. The molecule has 0 unspecified atom stereocenters. The summed E-state index contributed by atoms with van der Waals surface area (Å²) in [7, 11) is 0. The van der Waals surface area contributed by atoms with E-state index in [2.05, 4.69) is 5.16 Å². The smallest absolute Gasteiger partial charge is 0.391 e. The summed E-state index contributed by atoms with van der Waals surface area (Å²) in [5.41, 5.74) is -0.942. The Bertz CT molecular complexity index is 537. The summed E-state index contributed by atoms with van der Waals surface area (Å²) in [6, 6.07) is 3.24. The lowest BCUT2D eigenvalue weighted by molar-refractivity contribution is -0.137. The number of nitrogens with zero attached hydrogens (tertiary/aromatic N) is 1. The van der Waals surface area contributed by atoms with Gasteiger partial charge in [-0.25, -0.2) is 0 Å². The molecular formula is C12H9Cl3F3NO. The first-order valence-corrected chi connectivity index (χ1v) is 6.40. The fourth-order valence-corrected chi connectivity index (χ4v) is 1.64. The molecule has 8 heteroatoms. The van der Waals surface area contributed by atoms with Crippen molar-refractivity contribution in [3.05, 3.63) is 44.9 Å². The molecule has 1 aromatic rings. The molecule has 0 aliphatic heterocycles. The van der Waals surface area contributed by atoms with Crippen LogP contribution in [0, 0.1) is 0 Å². The van der Waals surface area contributed by atoms with Crippen molar-refractivity contribution in [2.75, 3.05) is 6.61 Å². The van der Waals surface area contributed by atoms with Crippen LogP contribution >= 0.6 is 34.8 Å². The van der Waals surface area contributed by atoms with Crippen LogP contribution in [0.2, 0.25) is 5.02 Å². The minimum absolute atomic E-state index is 0.0170. The van der Waals surface area contributed by atoms with Crippen molar-refractivity contribution < 1.29 is 18.0 Å². The minimum atomic E-state index is -4.50. The van der Waals surface area contributed by atoms with Crippen LogP contribution in [0.1, 0.15) is 18.1 Å². The number of hydrogen-bond acceptors (Lipinski definition) is 2. The van der Waals surface area contributed by atoms with Crippen molar-refractivity contribution in [3.8, 4) is 0 Å². The van der Waals surface area contributed by atoms with Crippen LogP contribution in [0.4, 0.5) is 13.2 Å². The molecule has 0 saturated heterocycles. The number of benzene rings is 1. The van der Waals surface area contributed by atoms with E-state index >= 15 is 0 Å². The Balaban J connectivity index is 3.02. The number of alkyl halides is 3. The lowest BCUT2D eigenvalue weighted by atomic mass is 10.0. The Kier molecular flexibility index (Phi) is 6.17. The second kappa shape index (κ2) is 7.20. The molecule has 0 aromatic heterocycles. The van der Waals surface area contributed by atoms with E-state index in [4.69, 9.17) is 39.6 Å². The van der Waals surface area contributed by atoms with Gasteiger partial charge in [0.2, 0.25) is 0 Å². The molecule has 2 nitrogen and oxygen atoms in total. The highest BCUT2D eigenvalue weighted by molar-refractivity contribution is 6.55. The molecule has 0 atom stereocenters. The molecule has 0 spiro atoms. The highest BCUT2D eigenvalue weighted by Gasteiger charge is 2.34. The van der Waals surface area contributed by atoms with Crippen LogP contribution in [-0.2, 0) is 11.0 Å². The highest BCUT2D eigenvalue weighted by Crippen LogP contribution is 2.33. The molecule has 1 rings (SSSR count). The quantitative estimate of drug-likeness (QED) is 0.405. The maximum Gasteiger partial charge on any atom is 0.417 e. The number of rotatable bonds is 4. The van der Waals surface area contributed by atoms with Gasteiger partial charge in [-0.1, -0.05) is 40.0 Å². The summed E-state index contributed by atoms with van der Waals surface area (Å²) in [6.45, 7) is 1.33. The maximum atomic E-state index is 12.9. The van der Waals surface area contributed by atoms with Gasteiger partial charge in [-0.05, 0) is 31.2 Å². The molecule has 1 aromatic carbocycles. The Labute approximate surface area is 128 Å². The van der Waals surface area contributed by atoms with Crippen molar-refractivity contribution in [1.29, 1.82) is 0 Å². The summed E-state index contributed by atoms with van der Waals surface area (Å²) < 4.78 is 38.5. The van der Waals surface area contributed by atoms with E-state index in [-0.39, 0.29) is 27.4 Å². The maximum absolute atomic E-state index is 12.9. The summed E-state index contributed by atoms with van der Waals surface area (Å²) >= 11 is 16.4. The molecule has 0 amide bonds. The van der Waals surface area contributed by atoms with Crippen molar-refractivity contribution in [3.63, 3.8) is 0 Å². The fourth-order valence-electron chi connectivity index (χ4n) is 1.35. The molecule has 0 fully saturated rings. The van der Waals surface area contributed by atoms with Crippen LogP contribution in [0.15, 0.2) is 33.9 Å². The van der Waals surface area contributed by atoms with E-state index < -0.39 is 11.7 Å². The van der Waals surface area contributed by atoms with Crippen molar-refractivity contribution in [1.82, 2.24) is 0 Å². The van der Waals surface area contributed by atoms with Crippen molar-refractivity contribution in [2.24, 2.45) is 5.16 Å².